The summed E-state index contributed by atoms with van der Waals surface area (Å²) in [4.78, 5) is 4.16. The molecule has 0 unspecified atom stereocenters. The van der Waals surface area contributed by atoms with Gasteiger partial charge in [0.1, 0.15) is 12.3 Å². The summed E-state index contributed by atoms with van der Waals surface area (Å²) in [7, 11) is 1.61. The molecule has 0 amide bonds. The Balaban J connectivity index is 2.10. The Hall–Kier alpha value is -2.23. The van der Waals surface area contributed by atoms with E-state index in [4.69, 9.17) is 15.2 Å². The maximum Gasteiger partial charge on any atom is 0.161 e. The zero-order valence-electron chi connectivity index (χ0n) is 9.59. The van der Waals surface area contributed by atoms with E-state index < -0.39 is 0 Å². The molecule has 1 heterocycles. The smallest absolute Gasteiger partial charge is 0.161 e. The molecule has 0 aliphatic rings. The quantitative estimate of drug-likeness (QED) is 0.875. The Kier molecular flexibility index (Phi) is 3.45. The number of hydrogen-bond acceptors (Lipinski definition) is 4. The van der Waals surface area contributed by atoms with E-state index in [-0.39, 0.29) is 0 Å². The third kappa shape index (κ3) is 2.66. The van der Waals surface area contributed by atoms with E-state index in [0.29, 0.717) is 23.8 Å². The van der Waals surface area contributed by atoms with Crippen LogP contribution in [0.2, 0.25) is 0 Å². The van der Waals surface area contributed by atoms with Gasteiger partial charge < -0.3 is 15.2 Å². The average molecular weight is 230 g/mol. The molecule has 0 aliphatic heterocycles. The summed E-state index contributed by atoms with van der Waals surface area (Å²) in [5.41, 5.74) is 7.13. The van der Waals surface area contributed by atoms with Gasteiger partial charge in [0.2, 0.25) is 0 Å². The summed E-state index contributed by atoms with van der Waals surface area (Å²) in [5.74, 6) is 1.38. The first kappa shape index (κ1) is 11.3. The van der Waals surface area contributed by atoms with Crippen molar-refractivity contribution in [2.75, 3.05) is 12.8 Å². The number of aromatic nitrogens is 1. The minimum atomic E-state index is 0.326. The maximum atomic E-state index is 5.78. The van der Waals surface area contributed by atoms with E-state index in [1.807, 2.05) is 24.3 Å². The van der Waals surface area contributed by atoms with Gasteiger partial charge in [-0.2, -0.15) is 0 Å². The number of ether oxygens (including phenoxy) is 2. The lowest BCUT2D eigenvalue weighted by molar-refractivity contribution is 0.281. The van der Waals surface area contributed by atoms with Gasteiger partial charge in [-0.05, 0) is 24.3 Å². The van der Waals surface area contributed by atoms with Gasteiger partial charge in [0, 0.05) is 6.20 Å². The minimum Gasteiger partial charge on any atom is -0.493 e. The third-order valence-corrected chi connectivity index (χ3v) is 2.36. The summed E-state index contributed by atoms with van der Waals surface area (Å²) in [6.07, 6.45) is 1.69. The van der Waals surface area contributed by atoms with Gasteiger partial charge in [-0.1, -0.05) is 12.1 Å². The number of hydrogen-bond donors (Lipinski definition) is 1. The molecular weight excluding hydrogens is 216 g/mol. The first-order chi connectivity index (χ1) is 8.31. The molecule has 0 fully saturated rings. The Morgan fingerprint density at radius 2 is 1.88 bits per heavy atom. The van der Waals surface area contributed by atoms with Gasteiger partial charge in [-0.15, -0.1) is 0 Å². The van der Waals surface area contributed by atoms with Crippen LogP contribution in [0, 0.1) is 0 Å². The van der Waals surface area contributed by atoms with Crippen LogP contribution in [0.4, 0.5) is 5.69 Å². The van der Waals surface area contributed by atoms with Crippen LogP contribution < -0.4 is 15.2 Å². The molecular formula is C13H14N2O2. The summed E-state index contributed by atoms with van der Waals surface area (Å²) in [6, 6.07) is 11.1. The average Bonchev–Trinajstić information content (AvgIpc) is 2.38. The van der Waals surface area contributed by atoms with Crippen LogP contribution in [-0.4, -0.2) is 12.1 Å². The number of nitrogen functional groups attached to an aromatic ring is 1. The van der Waals surface area contributed by atoms with Crippen LogP contribution in [0.15, 0.2) is 42.6 Å². The van der Waals surface area contributed by atoms with Gasteiger partial charge in [0.15, 0.2) is 11.5 Å². The number of para-hydroxylation sites is 2. The molecule has 1 aromatic carbocycles. The number of benzene rings is 1. The van der Waals surface area contributed by atoms with Crippen LogP contribution in [0.1, 0.15) is 5.69 Å². The van der Waals surface area contributed by atoms with Crippen molar-refractivity contribution in [1.82, 2.24) is 4.98 Å². The number of rotatable bonds is 4. The van der Waals surface area contributed by atoms with E-state index in [1.165, 1.54) is 0 Å². The van der Waals surface area contributed by atoms with Crippen molar-refractivity contribution in [3.05, 3.63) is 48.3 Å². The van der Waals surface area contributed by atoms with Gasteiger partial charge in [-0.25, -0.2) is 0 Å². The summed E-state index contributed by atoms with van der Waals surface area (Å²) < 4.78 is 10.8. The molecule has 1 aromatic heterocycles. The summed E-state index contributed by atoms with van der Waals surface area (Å²) in [6.45, 7) is 0.326. The Morgan fingerprint density at radius 3 is 2.59 bits per heavy atom. The lowest BCUT2D eigenvalue weighted by Crippen LogP contribution is -2.03. The lowest BCUT2D eigenvalue weighted by Gasteiger charge is -2.10. The van der Waals surface area contributed by atoms with Crippen LogP contribution >= 0.6 is 0 Å². The molecule has 0 aliphatic carbocycles. The van der Waals surface area contributed by atoms with Gasteiger partial charge >= 0.3 is 0 Å². The maximum absolute atomic E-state index is 5.78. The zero-order chi connectivity index (χ0) is 12.1. The number of nitrogens with two attached hydrogens (primary N) is 1. The predicted molar refractivity (Wildman–Crippen MR) is 66.0 cm³/mol. The number of nitrogens with zero attached hydrogens (tertiary/aromatic N) is 1. The van der Waals surface area contributed by atoms with Crippen molar-refractivity contribution in [3.8, 4) is 11.5 Å². The molecule has 2 N–H and O–H groups in total. The molecule has 0 saturated heterocycles. The van der Waals surface area contributed by atoms with Crippen LogP contribution in [0.3, 0.4) is 0 Å². The van der Waals surface area contributed by atoms with Crippen LogP contribution in [0.25, 0.3) is 0 Å². The minimum absolute atomic E-state index is 0.326. The Bertz CT molecular complexity index is 500. The summed E-state index contributed by atoms with van der Waals surface area (Å²) >= 11 is 0. The zero-order valence-corrected chi connectivity index (χ0v) is 9.59. The van der Waals surface area contributed by atoms with Crippen LogP contribution in [0.5, 0.6) is 11.5 Å². The van der Waals surface area contributed by atoms with Gasteiger partial charge in [0.25, 0.3) is 0 Å². The normalized spacial score (nSPS) is 9.94. The molecule has 0 saturated carbocycles. The van der Waals surface area contributed by atoms with Crippen molar-refractivity contribution in [3.63, 3.8) is 0 Å². The molecule has 0 bridgehead atoms. The van der Waals surface area contributed by atoms with Crippen molar-refractivity contribution in [2.24, 2.45) is 0 Å². The SMILES string of the molecule is COc1ccccc1OCc1ncccc1N. The largest absolute Gasteiger partial charge is 0.493 e. The third-order valence-electron chi connectivity index (χ3n) is 2.36. The highest BCUT2D eigenvalue weighted by atomic mass is 16.5. The first-order valence-electron chi connectivity index (χ1n) is 5.26. The molecule has 0 atom stereocenters. The lowest BCUT2D eigenvalue weighted by atomic mass is 10.3. The second-order valence-electron chi connectivity index (χ2n) is 3.48. The molecule has 0 spiro atoms. The second-order valence-corrected chi connectivity index (χ2v) is 3.48. The monoisotopic (exact) mass is 230 g/mol. The fraction of sp³-hybridized carbons (Fsp3) is 0.154. The number of pyridine rings is 1. The molecule has 4 heteroatoms. The van der Waals surface area contributed by atoms with Crippen molar-refractivity contribution < 1.29 is 9.47 Å². The Morgan fingerprint density at radius 1 is 1.12 bits per heavy atom. The Labute approximate surface area is 100 Å². The topological polar surface area (TPSA) is 57.4 Å². The highest BCUT2D eigenvalue weighted by Gasteiger charge is 2.05. The molecule has 4 nitrogen and oxygen atoms in total. The molecule has 88 valence electrons. The molecule has 2 rings (SSSR count). The van der Waals surface area contributed by atoms with E-state index in [9.17, 15) is 0 Å². The van der Waals surface area contributed by atoms with Crippen molar-refractivity contribution in [2.45, 2.75) is 6.61 Å². The van der Waals surface area contributed by atoms with E-state index in [1.54, 1.807) is 25.4 Å². The standard InChI is InChI=1S/C13H14N2O2/c1-16-12-6-2-3-7-13(12)17-9-11-10(14)5-4-8-15-11/h2-8H,9,14H2,1H3. The molecule has 2 aromatic rings. The molecule has 0 radical (unpaired) electrons. The number of anilines is 1. The van der Waals surface area contributed by atoms with E-state index in [0.717, 1.165) is 5.69 Å². The number of methoxy groups -OCH3 is 1. The highest BCUT2D eigenvalue weighted by Crippen LogP contribution is 2.26. The van der Waals surface area contributed by atoms with Crippen LogP contribution in [-0.2, 0) is 6.61 Å². The van der Waals surface area contributed by atoms with E-state index in [2.05, 4.69) is 4.98 Å². The summed E-state index contributed by atoms with van der Waals surface area (Å²) in [5, 5.41) is 0. The van der Waals surface area contributed by atoms with Gasteiger partial charge in [0.05, 0.1) is 12.8 Å². The first-order valence-corrected chi connectivity index (χ1v) is 5.26. The fourth-order valence-corrected chi connectivity index (χ4v) is 1.46. The highest BCUT2D eigenvalue weighted by molar-refractivity contribution is 5.43. The fourth-order valence-electron chi connectivity index (χ4n) is 1.46. The second kappa shape index (κ2) is 5.21. The molecule has 17 heavy (non-hydrogen) atoms. The van der Waals surface area contributed by atoms with E-state index >= 15 is 0 Å². The van der Waals surface area contributed by atoms with Gasteiger partial charge in [-0.3, -0.25) is 4.98 Å². The van der Waals surface area contributed by atoms with Crippen molar-refractivity contribution >= 4 is 5.69 Å². The predicted octanol–water partition coefficient (Wildman–Crippen LogP) is 2.25. The van der Waals surface area contributed by atoms with Crippen molar-refractivity contribution in [1.29, 1.82) is 0 Å².